The number of nitro benzene ring substituents is 1. The number of benzene rings is 1. The molecular formula is C13H12N2O6S. The number of non-ortho nitro benzene ring substituents is 1. The minimum atomic E-state index is -3.95. The van der Waals surface area contributed by atoms with Crippen LogP contribution in [-0.4, -0.2) is 25.8 Å². The summed E-state index contributed by atoms with van der Waals surface area (Å²) in [6.45, 7) is 1.94. The molecule has 1 aromatic heterocycles. The average molecular weight is 324 g/mol. The number of hydrogen-bond acceptors (Lipinski definition) is 7. The van der Waals surface area contributed by atoms with Gasteiger partial charge in [-0.1, -0.05) is 0 Å². The smallest absolute Gasteiger partial charge is 0.269 e. The number of rotatable bonds is 5. The summed E-state index contributed by atoms with van der Waals surface area (Å²) < 4.78 is 34.7. The Hall–Kier alpha value is -2.68. The second-order valence-corrected chi connectivity index (χ2v) is 6.02. The van der Waals surface area contributed by atoms with Crippen molar-refractivity contribution in [1.29, 1.82) is 5.41 Å². The van der Waals surface area contributed by atoms with Crippen molar-refractivity contribution in [3.63, 3.8) is 0 Å². The Morgan fingerprint density at radius 2 is 1.91 bits per heavy atom. The lowest BCUT2D eigenvalue weighted by atomic mass is 10.3. The number of hydrogen-bond donors (Lipinski definition) is 1. The number of sulfone groups is 1. The molecule has 22 heavy (non-hydrogen) atoms. The fourth-order valence-electron chi connectivity index (χ4n) is 1.67. The molecule has 0 fully saturated rings. The molecule has 1 aromatic carbocycles. The Bertz CT molecular complexity index is 807. The van der Waals surface area contributed by atoms with Crippen LogP contribution in [0.4, 0.5) is 5.69 Å². The zero-order chi connectivity index (χ0) is 16.3. The molecule has 0 saturated heterocycles. The number of ether oxygens (including phenoxy) is 1. The third-order valence-corrected chi connectivity index (χ3v) is 4.36. The SMILES string of the molecule is CCOC(=N)c1ccc(S(=O)(=O)c2ccc([N+](=O)[O-])cc2)o1. The molecule has 0 aliphatic heterocycles. The summed E-state index contributed by atoms with van der Waals surface area (Å²) in [7, 11) is -3.95. The van der Waals surface area contributed by atoms with E-state index in [0.29, 0.717) is 0 Å². The minimum absolute atomic E-state index is 0.0117. The summed E-state index contributed by atoms with van der Waals surface area (Å²) in [6, 6.07) is 6.97. The van der Waals surface area contributed by atoms with E-state index in [1.807, 2.05) is 0 Å². The highest BCUT2D eigenvalue weighted by Crippen LogP contribution is 2.25. The fourth-order valence-corrected chi connectivity index (χ4v) is 2.84. The molecule has 0 aliphatic carbocycles. The summed E-state index contributed by atoms with van der Waals surface area (Å²) in [5.74, 6) is -0.282. The van der Waals surface area contributed by atoms with Crippen LogP contribution >= 0.6 is 0 Å². The van der Waals surface area contributed by atoms with E-state index in [-0.39, 0.29) is 33.9 Å². The third-order valence-electron chi connectivity index (χ3n) is 2.72. The third kappa shape index (κ3) is 2.98. The molecule has 0 spiro atoms. The summed E-state index contributed by atoms with van der Waals surface area (Å²) in [6.07, 6.45) is 0. The molecule has 0 amide bonds. The molecule has 0 atom stereocenters. The molecule has 1 heterocycles. The van der Waals surface area contributed by atoms with Crippen LogP contribution in [0.2, 0.25) is 0 Å². The molecule has 2 aromatic rings. The molecule has 9 heteroatoms. The van der Waals surface area contributed by atoms with Crippen LogP contribution in [-0.2, 0) is 14.6 Å². The van der Waals surface area contributed by atoms with Crippen LogP contribution in [0.1, 0.15) is 12.7 Å². The van der Waals surface area contributed by atoms with Crippen LogP contribution in [0.25, 0.3) is 0 Å². The van der Waals surface area contributed by atoms with Crippen LogP contribution < -0.4 is 0 Å². The molecule has 0 saturated carbocycles. The lowest BCUT2D eigenvalue weighted by molar-refractivity contribution is -0.384. The first-order chi connectivity index (χ1) is 10.4. The Morgan fingerprint density at radius 1 is 1.27 bits per heavy atom. The summed E-state index contributed by atoms with van der Waals surface area (Å²) >= 11 is 0. The topological polar surface area (TPSA) is 124 Å². The second-order valence-electron chi connectivity index (χ2n) is 4.14. The van der Waals surface area contributed by atoms with Gasteiger partial charge in [0.15, 0.2) is 5.76 Å². The number of nitro groups is 1. The maximum Gasteiger partial charge on any atom is 0.269 e. The Kier molecular flexibility index (Phi) is 4.27. The fraction of sp³-hybridized carbons (Fsp3) is 0.154. The second kappa shape index (κ2) is 5.98. The van der Waals surface area contributed by atoms with E-state index in [9.17, 15) is 18.5 Å². The van der Waals surface area contributed by atoms with Gasteiger partial charge in [0.25, 0.3) is 5.69 Å². The van der Waals surface area contributed by atoms with Gasteiger partial charge >= 0.3 is 0 Å². The highest BCUT2D eigenvalue weighted by molar-refractivity contribution is 7.91. The molecule has 1 N–H and O–H groups in total. The van der Waals surface area contributed by atoms with Gasteiger partial charge in [-0.15, -0.1) is 0 Å². The van der Waals surface area contributed by atoms with E-state index in [1.54, 1.807) is 6.92 Å². The van der Waals surface area contributed by atoms with Crippen molar-refractivity contribution in [2.24, 2.45) is 0 Å². The first-order valence-corrected chi connectivity index (χ1v) is 7.65. The first-order valence-electron chi connectivity index (χ1n) is 6.17. The maximum atomic E-state index is 12.3. The van der Waals surface area contributed by atoms with Gasteiger partial charge in [0.05, 0.1) is 16.4 Å². The molecule has 8 nitrogen and oxygen atoms in total. The minimum Gasteiger partial charge on any atom is -0.476 e. The summed E-state index contributed by atoms with van der Waals surface area (Å²) in [4.78, 5) is 9.81. The molecule has 2 rings (SSSR count). The van der Waals surface area contributed by atoms with E-state index in [2.05, 4.69) is 0 Å². The average Bonchev–Trinajstić information content (AvgIpc) is 2.98. The van der Waals surface area contributed by atoms with Crippen molar-refractivity contribution in [3.8, 4) is 0 Å². The van der Waals surface area contributed by atoms with Crippen LogP contribution in [0.15, 0.2) is 50.8 Å². The molecule has 0 bridgehead atoms. The van der Waals surface area contributed by atoms with Gasteiger partial charge in [-0.2, -0.15) is 0 Å². The van der Waals surface area contributed by atoms with Crippen molar-refractivity contribution in [2.75, 3.05) is 6.61 Å². The van der Waals surface area contributed by atoms with Crippen molar-refractivity contribution in [3.05, 3.63) is 52.3 Å². The normalized spacial score (nSPS) is 11.1. The first kappa shape index (κ1) is 15.7. The van der Waals surface area contributed by atoms with Crippen molar-refractivity contribution in [1.82, 2.24) is 0 Å². The largest absolute Gasteiger partial charge is 0.476 e. The van der Waals surface area contributed by atoms with E-state index >= 15 is 0 Å². The van der Waals surface area contributed by atoms with Gasteiger partial charge < -0.3 is 9.15 Å². The molecule has 0 radical (unpaired) electrons. The molecule has 0 unspecified atom stereocenters. The van der Waals surface area contributed by atoms with Crippen LogP contribution in [0.5, 0.6) is 0 Å². The molecular weight excluding hydrogens is 312 g/mol. The van der Waals surface area contributed by atoms with Crippen LogP contribution in [0, 0.1) is 15.5 Å². The van der Waals surface area contributed by atoms with Crippen molar-refractivity contribution in [2.45, 2.75) is 16.9 Å². The van der Waals surface area contributed by atoms with Gasteiger partial charge in [-0.05, 0) is 31.2 Å². The predicted molar refractivity (Wildman–Crippen MR) is 75.7 cm³/mol. The van der Waals surface area contributed by atoms with E-state index in [1.165, 1.54) is 12.1 Å². The van der Waals surface area contributed by atoms with Gasteiger partial charge in [0.1, 0.15) is 0 Å². The Balaban J connectivity index is 2.34. The number of furan rings is 1. The van der Waals surface area contributed by atoms with Crippen molar-refractivity contribution < 1.29 is 22.5 Å². The quantitative estimate of drug-likeness (QED) is 0.390. The Labute approximate surface area is 125 Å². The van der Waals surface area contributed by atoms with E-state index in [4.69, 9.17) is 14.6 Å². The van der Waals surface area contributed by atoms with Gasteiger partial charge in [-0.25, -0.2) is 8.42 Å². The highest BCUT2D eigenvalue weighted by atomic mass is 32.2. The lowest BCUT2D eigenvalue weighted by Crippen LogP contribution is -2.04. The molecule has 0 aliphatic rings. The predicted octanol–water partition coefficient (Wildman–Crippen LogP) is 2.38. The monoisotopic (exact) mass is 324 g/mol. The van der Waals surface area contributed by atoms with Crippen molar-refractivity contribution >= 4 is 21.4 Å². The van der Waals surface area contributed by atoms with Gasteiger partial charge in [-0.3, -0.25) is 15.5 Å². The zero-order valence-electron chi connectivity index (χ0n) is 11.5. The summed E-state index contributed by atoms with van der Waals surface area (Å²) in [5.41, 5.74) is -0.211. The number of nitrogens with one attached hydrogen (secondary N) is 1. The standard InChI is InChI=1S/C13H12N2O6S/c1-2-20-13(14)11-7-8-12(21-11)22(18,19)10-5-3-9(4-6-10)15(16)17/h3-8,14H,2H2,1H3. The van der Waals surface area contributed by atoms with Crippen LogP contribution in [0.3, 0.4) is 0 Å². The summed E-state index contributed by atoms with van der Waals surface area (Å²) in [5, 5.41) is 17.8. The highest BCUT2D eigenvalue weighted by Gasteiger charge is 2.23. The zero-order valence-corrected chi connectivity index (χ0v) is 12.3. The van der Waals surface area contributed by atoms with Gasteiger partial charge in [0, 0.05) is 12.1 Å². The Morgan fingerprint density at radius 3 is 2.45 bits per heavy atom. The number of nitrogens with zero attached hydrogens (tertiary/aromatic N) is 1. The lowest BCUT2D eigenvalue weighted by Gasteiger charge is -2.02. The van der Waals surface area contributed by atoms with Gasteiger partial charge in [0.2, 0.25) is 20.8 Å². The maximum absolute atomic E-state index is 12.3. The van der Waals surface area contributed by atoms with E-state index < -0.39 is 14.8 Å². The molecule has 116 valence electrons. The van der Waals surface area contributed by atoms with E-state index in [0.717, 1.165) is 24.3 Å².